The van der Waals surface area contributed by atoms with Crippen molar-refractivity contribution in [3.05, 3.63) is 53.3 Å². The van der Waals surface area contributed by atoms with Crippen molar-refractivity contribution in [1.82, 2.24) is 23.2 Å². The standard InChI is InChI=1S/C19H19N5O3S2/c1-12-4-7-14(8-5-12)19-20-16(21-27-19)10-11-24(3)29(25,26)15-9-6-13(2)17-18(15)23-28-22-17/h4-9H,10-11H2,1-3H3. The van der Waals surface area contributed by atoms with Crippen molar-refractivity contribution in [2.75, 3.05) is 13.6 Å². The maximum absolute atomic E-state index is 13.0. The zero-order valence-corrected chi connectivity index (χ0v) is 17.8. The van der Waals surface area contributed by atoms with E-state index in [4.69, 9.17) is 4.52 Å². The third-order valence-electron chi connectivity index (χ3n) is 4.69. The van der Waals surface area contributed by atoms with Crippen LogP contribution in [0.1, 0.15) is 17.0 Å². The van der Waals surface area contributed by atoms with E-state index >= 15 is 0 Å². The van der Waals surface area contributed by atoms with E-state index in [9.17, 15) is 8.42 Å². The van der Waals surface area contributed by atoms with Crippen LogP contribution in [0.4, 0.5) is 0 Å². The quantitative estimate of drug-likeness (QED) is 0.464. The van der Waals surface area contributed by atoms with Gasteiger partial charge in [0.25, 0.3) is 5.89 Å². The second-order valence-corrected chi connectivity index (χ2v) is 9.34. The molecule has 0 radical (unpaired) electrons. The summed E-state index contributed by atoms with van der Waals surface area (Å²) in [5.74, 6) is 0.867. The van der Waals surface area contributed by atoms with Crippen molar-refractivity contribution >= 4 is 32.8 Å². The van der Waals surface area contributed by atoms with Crippen molar-refractivity contribution in [3.63, 3.8) is 0 Å². The summed E-state index contributed by atoms with van der Waals surface area (Å²) in [5, 5.41) is 3.97. The molecule has 0 fully saturated rings. The topological polar surface area (TPSA) is 102 Å². The Hall–Kier alpha value is -2.69. The average molecular weight is 430 g/mol. The van der Waals surface area contributed by atoms with Gasteiger partial charge in [0, 0.05) is 25.6 Å². The SMILES string of the molecule is Cc1ccc(-c2nc(CCN(C)S(=O)(=O)c3ccc(C)c4nsnc34)no2)cc1. The number of benzene rings is 2. The number of nitrogens with zero attached hydrogens (tertiary/aromatic N) is 5. The first-order valence-electron chi connectivity index (χ1n) is 8.94. The molecule has 0 saturated heterocycles. The molecule has 0 saturated carbocycles. The Labute approximate surface area is 172 Å². The minimum Gasteiger partial charge on any atom is -0.334 e. The third kappa shape index (κ3) is 3.78. The maximum Gasteiger partial charge on any atom is 0.257 e. The van der Waals surface area contributed by atoms with Crippen LogP contribution in [-0.4, -0.2) is 45.2 Å². The monoisotopic (exact) mass is 429 g/mol. The summed E-state index contributed by atoms with van der Waals surface area (Å²) < 4.78 is 41.0. The van der Waals surface area contributed by atoms with E-state index in [1.165, 1.54) is 11.4 Å². The molecule has 10 heteroatoms. The van der Waals surface area contributed by atoms with Crippen LogP contribution in [0, 0.1) is 13.8 Å². The van der Waals surface area contributed by atoms with Gasteiger partial charge in [-0.2, -0.15) is 13.7 Å². The van der Waals surface area contributed by atoms with E-state index in [-0.39, 0.29) is 11.4 Å². The lowest BCUT2D eigenvalue weighted by atomic mass is 10.1. The molecule has 0 spiro atoms. The van der Waals surface area contributed by atoms with Crippen LogP contribution in [0.5, 0.6) is 0 Å². The Morgan fingerprint density at radius 2 is 1.76 bits per heavy atom. The van der Waals surface area contributed by atoms with Gasteiger partial charge in [0.15, 0.2) is 5.82 Å². The molecule has 0 atom stereocenters. The number of aryl methyl sites for hydroxylation is 2. The molecule has 8 nitrogen and oxygen atoms in total. The highest BCUT2D eigenvalue weighted by atomic mass is 32.2. The van der Waals surface area contributed by atoms with Crippen molar-refractivity contribution in [3.8, 4) is 11.5 Å². The second-order valence-electron chi connectivity index (χ2n) is 6.80. The van der Waals surface area contributed by atoms with Gasteiger partial charge in [-0.25, -0.2) is 12.7 Å². The van der Waals surface area contributed by atoms with Crippen LogP contribution in [-0.2, 0) is 16.4 Å². The van der Waals surface area contributed by atoms with Crippen molar-refractivity contribution in [2.24, 2.45) is 0 Å². The number of rotatable bonds is 6. The Morgan fingerprint density at radius 1 is 1.03 bits per heavy atom. The van der Waals surface area contributed by atoms with Gasteiger partial charge in [-0.1, -0.05) is 28.9 Å². The van der Waals surface area contributed by atoms with Crippen molar-refractivity contribution in [2.45, 2.75) is 25.2 Å². The smallest absolute Gasteiger partial charge is 0.257 e. The number of sulfonamides is 1. The van der Waals surface area contributed by atoms with Gasteiger partial charge < -0.3 is 4.52 Å². The summed E-state index contributed by atoms with van der Waals surface area (Å²) in [4.78, 5) is 4.53. The summed E-state index contributed by atoms with van der Waals surface area (Å²) in [6.45, 7) is 4.09. The lowest BCUT2D eigenvalue weighted by Crippen LogP contribution is -2.29. The van der Waals surface area contributed by atoms with Gasteiger partial charge in [0.2, 0.25) is 10.0 Å². The van der Waals surface area contributed by atoms with Gasteiger partial charge in [-0.05, 0) is 37.6 Å². The fraction of sp³-hybridized carbons (Fsp3) is 0.263. The predicted octanol–water partition coefficient (Wildman–Crippen LogP) is 3.22. The fourth-order valence-corrected chi connectivity index (χ4v) is 4.86. The van der Waals surface area contributed by atoms with E-state index in [2.05, 4.69) is 18.9 Å². The third-order valence-corrected chi connectivity index (χ3v) is 7.10. The zero-order chi connectivity index (χ0) is 20.6. The maximum atomic E-state index is 13.0. The molecule has 0 aliphatic rings. The molecule has 0 amide bonds. The molecule has 4 aromatic rings. The normalized spacial score (nSPS) is 12.1. The van der Waals surface area contributed by atoms with Crippen LogP contribution in [0.25, 0.3) is 22.5 Å². The Balaban J connectivity index is 1.50. The molecule has 2 heterocycles. The van der Waals surface area contributed by atoms with Gasteiger partial charge in [-0.3, -0.25) is 0 Å². The summed E-state index contributed by atoms with van der Waals surface area (Å²) >= 11 is 1.01. The van der Waals surface area contributed by atoms with E-state index < -0.39 is 10.0 Å². The van der Waals surface area contributed by atoms with Crippen LogP contribution in [0.3, 0.4) is 0 Å². The van der Waals surface area contributed by atoms with Crippen LogP contribution in [0.15, 0.2) is 45.8 Å². The van der Waals surface area contributed by atoms with Gasteiger partial charge in [0.1, 0.15) is 15.9 Å². The minimum atomic E-state index is -3.72. The van der Waals surface area contributed by atoms with E-state index in [1.54, 1.807) is 12.1 Å². The molecule has 29 heavy (non-hydrogen) atoms. The van der Waals surface area contributed by atoms with E-state index in [0.29, 0.717) is 29.2 Å². The van der Waals surface area contributed by atoms with Gasteiger partial charge >= 0.3 is 0 Å². The Kier molecular flexibility index (Phi) is 5.15. The lowest BCUT2D eigenvalue weighted by molar-refractivity contribution is 0.415. The van der Waals surface area contributed by atoms with Crippen LogP contribution >= 0.6 is 11.7 Å². The highest BCUT2D eigenvalue weighted by Crippen LogP contribution is 2.26. The largest absolute Gasteiger partial charge is 0.334 e. The summed E-state index contributed by atoms with van der Waals surface area (Å²) in [6, 6.07) is 11.1. The molecule has 0 bridgehead atoms. The summed E-state index contributed by atoms with van der Waals surface area (Å²) in [6.07, 6.45) is 0.329. The Bertz CT molecular complexity index is 1260. The molecule has 4 rings (SSSR count). The molecule has 0 aliphatic heterocycles. The molecule has 0 N–H and O–H groups in total. The summed E-state index contributed by atoms with van der Waals surface area (Å²) in [7, 11) is -2.19. The van der Waals surface area contributed by atoms with E-state index in [1.807, 2.05) is 38.1 Å². The van der Waals surface area contributed by atoms with E-state index in [0.717, 1.165) is 28.4 Å². The number of aromatic nitrogens is 4. The first-order valence-corrected chi connectivity index (χ1v) is 11.1. The molecular weight excluding hydrogens is 410 g/mol. The molecule has 2 aromatic carbocycles. The minimum absolute atomic E-state index is 0.155. The number of fused-ring (bicyclic) bond motifs is 1. The molecular formula is C19H19N5O3S2. The highest BCUT2D eigenvalue weighted by Gasteiger charge is 2.25. The second kappa shape index (κ2) is 7.62. The lowest BCUT2D eigenvalue weighted by Gasteiger charge is -2.16. The average Bonchev–Trinajstić information content (AvgIpc) is 3.37. The van der Waals surface area contributed by atoms with Gasteiger partial charge in [0.05, 0.1) is 11.7 Å². The molecule has 0 aliphatic carbocycles. The zero-order valence-electron chi connectivity index (χ0n) is 16.2. The van der Waals surface area contributed by atoms with Crippen molar-refractivity contribution in [1.29, 1.82) is 0 Å². The molecule has 0 unspecified atom stereocenters. The summed E-state index contributed by atoms with van der Waals surface area (Å²) in [5.41, 5.74) is 3.88. The van der Waals surface area contributed by atoms with Gasteiger partial charge in [-0.15, -0.1) is 0 Å². The van der Waals surface area contributed by atoms with Crippen LogP contribution in [0.2, 0.25) is 0 Å². The molecule has 2 aromatic heterocycles. The predicted molar refractivity (Wildman–Crippen MR) is 110 cm³/mol. The van der Waals surface area contributed by atoms with Crippen molar-refractivity contribution < 1.29 is 12.9 Å². The number of hydrogen-bond donors (Lipinski definition) is 0. The molecule has 150 valence electrons. The fourth-order valence-electron chi connectivity index (χ4n) is 2.89. The first kappa shape index (κ1) is 19.6. The highest BCUT2D eigenvalue weighted by molar-refractivity contribution is 7.89. The Morgan fingerprint density at radius 3 is 2.52 bits per heavy atom. The number of hydrogen-bond acceptors (Lipinski definition) is 8. The number of likely N-dealkylation sites (N-methyl/N-ethyl adjacent to an activating group) is 1. The van der Waals surface area contributed by atoms with Crippen LogP contribution < -0.4 is 0 Å². The first-order chi connectivity index (χ1) is 13.9.